The van der Waals surface area contributed by atoms with Gasteiger partial charge in [-0.1, -0.05) is 18.2 Å². The van der Waals surface area contributed by atoms with Crippen LogP contribution in [0, 0.1) is 0 Å². The predicted molar refractivity (Wildman–Crippen MR) is 88.1 cm³/mol. The molecule has 2 rings (SSSR count). The Kier molecular flexibility index (Phi) is 5.86. The number of hydrogen-bond acceptors (Lipinski definition) is 4. The summed E-state index contributed by atoms with van der Waals surface area (Å²) in [5, 5.41) is 2.70. The predicted octanol–water partition coefficient (Wildman–Crippen LogP) is 3.77. The van der Waals surface area contributed by atoms with Gasteiger partial charge in [0.1, 0.15) is 17.2 Å². The second-order valence-corrected chi connectivity index (χ2v) is 5.20. The third-order valence-electron chi connectivity index (χ3n) is 3.01. The average molecular weight is 315 g/mol. The summed E-state index contributed by atoms with van der Waals surface area (Å²) < 4.78 is 16.1. The van der Waals surface area contributed by atoms with Gasteiger partial charge < -0.3 is 19.5 Å². The van der Waals surface area contributed by atoms with Crippen molar-refractivity contribution in [2.75, 3.05) is 7.11 Å². The van der Waals surface area contributed by atoms with E-state index in [0.717, 1.165) is 11.3 Å². The number of hydrogen-bond donors (Lipinski definition) is 1. The van der Waals surface area contributed by atoms with E-state index in [4.69, 9.17) is 14.2 Å². The van der Waals surface area contributed by atoms with Crippen LogP contribution in [0.1, 0.15) is 19.4 Å². The molecule has 0 spiro atoms. The lowest BCUT2D eigenvalue weighted by Gasteiger charge is -2.14. The maximum atomic E-state index is 11.8. The Balaban J connectivity index is 1.95. The molecule has 0 radical (unpaired) electrons. The first-order valence-electron chi connectivity index (χ1n) is 7.43. The van der Waals surface area contributed by atoms with Crippen molar-refractivity contribution in [1.82, 2.24) is 5.32 Å². The molecule has 5 nitrogen and oxygen atoms in total. The van der Waals surface area contributed by atoms with Crippen molar-refractivity contribution in [2.45, 2.75) is 26.5 Å². The summed E-state index contributed by atoms with van der Waals surface area (Å²) in [7, 11) is 1.58. The summed E-state index contributed by atoms with van der Waals surface area (Å²) in [5.74, 6) is 1.88. The van der Waals surface area contributed by atoms with E-state index < -0.39 is 6.09 Å². The van der Waals surface area contributed by atoms with Crippen molar-refractivity contribution in [3.63, 3.8) is 0 Å². The van der Waals surface area contributed by atoms with E-state index in [0.29, 0.717) is 18.0 Å². The van der Waals surface area contributed by atoms with Crippen molar-refractivity contribution in [3.8, 4) is 17.2 Å². The molecule has 2 aromatic rings. The molecule has 1 amide bonds. The molecule has 0 atom stereocenters. The zero-order valence-electron chi connectivity index (χ0n) is 13.5. The van der Waals surface area contributed by atoms with Gasteiger partial charge in [-0.05, 0) is 38.1 Å². The van der Waals surface area contributed by atoms with Gasteiger partial charge in [0, 0.05) is 18.2 Å². The molecule has 122 valence electrons. The lowest BCUT2D eigenvalue weighted by molar-refractivity contribution is 0.200. The maximum Gasteiger partial charge on any atom is 0.412 e. The summed E-state index contributed by atoms with van der Waals surface area (Å²) in [6.45, 7) is 4.22. The highest BCUT2D eigenvalue weighted by Gasteiger charge is 2.09. The minimum absolute atomic E-state index is 0.0875. The van der Waals surface area contributed by atoms with E-state index in [2.05, 4.69) is 5.32 Å². The first-order valence-corrected chi connectivity index (χ1v) is 7.43. The Bertz CT molecular complexity index is 641. The summed E-state index contributed by atoms with van der Waals surface area (Å²) in [4.78, 5) is 11.8. The van der Waals surface area contributed by atoms with Gasteiger partial charge in [-0.25, -0.2) is 4.79 Å². The first-order chi connectivity index (χ1) is 11.1. The van der Waals surface area contributed by atoms with E-state index in [1.54, 1.807) is 37.4 Å². The second-order valence-electron chi connectivity index (χ2n) is 5.20. The van der Waals surface area contributed by atoms with Crippen molar-refractivity contribution in [2.24, 2.45) is 0 Å². The highest BCUT2D eigenvalue weighted by atomic mass is 16.6. The van der Waals surface area contributed by atoms with Crippen LogP contribution in [0.3, 0.4) is 0 Å². The summed E-state index contributed by atoms with van der Waals surface area (Å²) in [6.07, 6.45) is -0.426. The van der Waals surface area contributed by atoms with Gasteiger partial charge in [0.05, 0.1) is 13.2 Å². The number of methoxy groups -OCH3 is 1. The van der Waals surface area contributed by atoms with Gasteiger partial charge in [0.15, 0.2) is 0 Å². The van der Waals surface area contributed by atoms with Gasteiger partial charge in [-0.2, -0.15) is 0 Å². The Morgan fingerprint density at radius 2 is 1.83 bits per heavy atom. The molecule has 0 aromatic heterocycles. The monoisotopic (exact) mass is 315 g/mol. The molecule has 0 aliphatic carbocycles. The van der Waals surface area contributed by atoms with Gasteiger partial charge in [0.2, 0.25) is 0 Å². The van der Waals surface area contributed by atoms with E-state index in [1.165, 1.54) is 0 Å². The fraction of sp³-hybridized carbons (Fsp3) is 0.278. The van der Waals surface area contributed by atoms with Crippen LogP contribution in [0.25, 0.3) is 0 Å². The Labute approximate surface area is 136 Å². The van der Waals surface area contributed by atoms with Crippen LogP contribution in [0.2, 0.25) is 0 Å². The number of para-hydroxylation sites is 1. The second kappa shape index (κ2) is 8.08. The molecule has 23 heavy (non-hydrogen) atoms. The standard InChI is InChI=1S/C18H21NO4/c1-13(2)22-16-10-9-14(17(11-16)21-3)12-19-18(20)23-15-7-5-4-6-8-15/h4-11,13H,12H2,1-3H3,(H,19,20). The lowest BCUT2D eigenvalue weighted by Crippen LogP contribution is -2.26. The van der Waals surface area contributed by atoms with Crippen LogP contribution < -0.4 is 19.5 Å². The number of carbonyl (C=O) groups excluding carboxylic acids is 1. The third kappa shape index (κ3) is 5.21. The Hall–Kier alpha value is -2.69. The minimum Gasteiger partial charge on any atom is -0.496 e. The fourth-order valence-electron chi connectivity index (χ4n) is 2.02. The van der Waals surface area contributed by atoms with Crippen molar-refractivity contribution in [3.05, 3.63) is 54.1 Å². The van der Waals surface area contributed by atoms with Crippen LogP contribution in [0.15, 0.2) is 48.5 Å². The van der Waals surface area contributed by atoms with Crippen LogP contribution in [0.5, 0.6) is 17.2 Å². The number of carbonyl (C=O) groups is 1. The zero-order valence-corrected chi connectivity index (χ0v) is 13.5. The van der Waals surface area contributed by atoms with Crippen molar-refractivity contribution in [1.29, 1.82) is 0 Å². The molecule has 5 heteroatoms. The normalized spacial score (nSPS) is 10.3. The number of amides is 1. The third-order valence-corrected chi connectivity index (χ3v) is 3.01. The number of ether oxygens (including phenoxy) is 3. The van der Waals surface area contributed by atoms with E-state index in [-0.39, 0.29) is 6.10 Å². The highest BCUT2D eigenvalue weighted by molar-refractivity contribution is 5.70. The zero-order chi connectivity index (χ0) is 16.7. The number of rotatable bonds is 6. The molecular weight excluding hydrogens is 294 g/mol. The van der Waals surface area contributed by atoms with Crippen molar-refractivity contribution >= 4 is 6.09 Å². The summed E-state index contributed by atoms with van der Waals surface area (Å²) in [5.41, 5.74) is 0.841. The number of nitrogens with one attached hydrogen (secondary N) is 1. The Morgan fingerprint density at radius 3 is 2.48 bits per heavy atom. The molecule has 0 saturated heterocycles. The Morgan fingerprint density at radius 1 is 1.09 bits per heavy atom. The van der Waals surface area contributed by atoms with Crippen LogP contribution >= 0.6 is 0 Å². The summed E-state index contributed by atoms with van der Waals surface area (Å²) >= 11 is 0. The average Bonchev–Trinajstić information content (AvgIpc) is 2.54. The van der Waals surface area contributed by atoms with Gasteiger partial charge in [0.25, 0.3) is 0 Å². The highest BCUT2D eigenvalue weighted by Crippen LogP contribution is 2.25. The van der Waals surface area contributed by atoms with Crippen molar-refractivity contribution < 1.29 is 19.0 Å². The van der Waals surface area contributed by atoms with E-state index in [9.17, 15) is 4.79 Å². The first kappa shape index (κ1) is 16.7. The molecule has 0 fully saturated rings. The molecule has 0 unspecified atom stereocenters. The maximum absolute atomic E-state index is 11.8. The number of benzene rings is 2. The quantitative estimate of drug-likeness (QED) is 0.881. The van der Waals surface area contributed by atoms with Crippen LogP contribution in [-0.4, -0.2) is 19.3 Å². The SMILES string of the molecule is COc1cc(OC(C)C)ccc1CNC(=O)Oc1ccccc1. The topological polar surface area (TPSA) is 56.8 Å². The summed E-state index contributed by atoms with van der Waals surface area (Å²) in [6, 6.07) is 14.4. The van der Waals surface area contributed by atoms with Gasteiger partial charge >= 0.3 is 6.09 Å². The molecule has 0 saturated carbocycles. The van der Waals surface area contributed by atoms with E-state index in [1.807, 2.05) is 32.0 Å². The lowest BCUT2D eigenvalue weighted by atomic mass is 10.2. The van der Waals surface area contributed by atoms with E-state index >= 15 is 0 Å². The largest absolute Gasteiger partial charge is 0.496 e. The molecule has 0 aliphatic rings. The van der Waals surface area contributed by atoms with Gasteiger partial charge in [-0.3, -0.25) is 0 Å². The fourth-order valence-corrected chi connectivity index (χ4v) is 2.02. The molecule has 0 heterocycles. The van der Waals surface area contributed by atoms with Crippen LogP contribution in [0.4, 0.5) is 4.79 Å². The molecular formula is C18H21NO4. The molecule has 0 aliphatic heterocycles. The molecule has 1 N–H and O–H groups in total. The molecule has 2 aromatic carbocycles. The van der Waals surface area contributed by atoms with Gasteiger partial charge in [-0.15, -0.1) is 0 Å². The molecule has 0 bridgehead atoms. The minimum atomic E-state index is -0.513. The smallest absolute Gasteiger partial charge is 0.412 e. The van der Waals surface area contributed by atoms with Crippen LogP contribution in [-0.2, 0) is 6.54 Å².